The molecule has 0 bridgehead atoms. The molecular formula is C27H23N3O2. The summed E-state index contributed by atoms with van der Waals surface area (Å²) in [6.45, 7) is 3.47. The molecule has 0 saturated heterocycles. The second-order valence-electron chi connectivity index (χ2n) is 8.14. The normalized spacial score (nSPS) is 15.8. The molecule has 1 unspecified atom stereocenters. The fourth-order valence-electron chi connectivity index (χ4n) is 4.87. The molecule has 5 nitrogen and oxygen atoms in total. The van der Waals surface area contributed by atoms with E-state index in [1.165, 1.54) is 21.8 Å². The Kier molecular flexibility index (Phi) is 4.28. The van der Waals surface area contributed by atoms with Crippen LogP contribution >= 0.6 is 0 Å². The number of furan rings is 1. The monoisotopic (exact) mass is 421 g/mol. The number of hydrogen-bond donors (Lipinski definition) is 1. The zero-order valence-corrected chi connectivity index (χ0v) is 17.8. The van der Waals surface area contributed by atoms with Crippen molar-refractivity contribution >= 4 is 33.4 Å². The van der Waals surface area contributed by atoms with E-state index in [9.17, 15) is 4.79 Å². The molecule has 1 atom stereocenters. The number of carbonyl (C=O) groups is 1. The molecule has 0 radical (unpaired) electrons. The highest BCUT2D eigenvalue weighted by Gasteiger charge is 2.33. The van der Waals surface area contributed by atoms with Crippen molar-refractivity contribution in [3.8, 4) is 0 Å². The number of rotatable bonds is 4. The molecule has 0 saturated carbocycles. The highest BCUT2D eigenvalue weighted by atomic mass is 16.3. The van der Waals surface area contributed by atoms with Gasteiger partial charge in [-0.2, -0.15) is 0 Å². The summed E-state index contributed by atoms with van der Waals surface area (Å²) < 4.78 is 7.91. The van der Waals surface area contributed by atoms with Crippen LogP contribution in [0.1, 0.15) is 34.8 Å². The van der Waals surface area contributed by atoms with Crippen LogP contribution in [0.3, 0.4) is 0 Å². The first-order chi connectivity index (χ1) is 15.7. The van der Waals surface area contributed by atoms with E-state index >= 15 is 0 Å². The van der Waals surface area contributed by atoms with Gasteiger partial charge in [0.25, 0.3) is 5.91 Å². The third-order valence-corrected chi connectivity index (χ3v) is 6.36. The molecule has 32 heavy (non-hydrogen) atoms. The highest BCUT2D eigenvalue weighted by molar-refractivity contribution is 6.08. The van der Waals surface area contributed by atoms with Gasteiger partial charge in [0.05, 0.1) is 18.4 Å². The van der Waals surface area contributed by atoms with Gasteiger partial charge in [-0.15, -0.1) is 0 Å². The average molecular weight is 422 g/mol. The molecule has 1 amide bonds. The average Bonchev–Trinajstić information content (AvgIpc) is 3.46. The summed E-state index contributed by atoms with van der Waals surface area (Å²) in [6.07, 6.45) is 1.35. The minimum Gasteiger partial charge on any atom is -0.467 e. The quantitative estimate of drug-likeness (QED) is 0.377. The molecule has 2 aromatic heterocycles. The molecule has 0 aliphatic carbocycles. The maximum Gasteiger partial charge on any atom is 0.258 e. The molecule has 1 aliphatic heterocycles. The second kappa shape index (κ2) is 7.31. The van der Waals surface area contributed by atoms with E-state index < -0.39 is 0 Å². The van der Waals surface area contributed by atoms with Crippen molar-refractivity contribution in [2.75, 3.05) is 5.32 Å². The van der Waals surface area contributed by atoms with E-state index in [0.29, 0.717) is 12.1 Å². The zero-order valence-electron chi connectivity index (χ0n) is 17.8. The number of aryl methyl sites for hydroxylation is 1. The summed E-state index contributed by atoms with van der Waals surface area (Å²) in [6, 6.07) is 26.5. The number of hydrogen-bond acceptors (Lipinski definition) is 3. The summed E-state index contributed by atoms with van der Waals surface area (Å²) in [4.78, 5) is 15.3. The number of anilines is 1. The van der Waals surface area contributed by atoms with E-state index in [1.807, 2.05) is 41.3 Å². The van der Waals surface area contributed by atoms with Gasteiger partial charge in [0.2, 0.25) is 0 Å². The van der Waals surface area contributed by atoms with Gasteiger partial charge < -0.3 is 19.2 Å². The van der Waals surface area contributed by atoms with Gasteiger partial charge in [0, 0.05) is 34.0 Å². The molecular weight excluding hydrogens is 398 g/mol. The van der Waals surface area contributed by atoms with E-state index in [0.717, 1.165) is 23.6 Å². The lowest BCUT2D eigenvalue weighted by atomic mass is 10.0. The van der Waals surface area contributed by atoms with Crippen molar-refractivity contribution in [1.29, 1.82) is 0 Å². The predicted molar refractivity (Wildman–Crippen MR) is 127 cm³/mol. The maximum atomic E-state index is 13.5. The van der Waals surface area contributed by atoms with Gasteiger partial charge in [0.15, 0.2) is 0 Å². The first-order valence-electron chi connectivity index (χ1n) is 10.9. The number of nitrogens with one attached hydrogen (secondary N) is 1. The molecule has 5 aromatic rings. The SMILES string of the molecule is CCn1c2ccccc2c2cc(C3Nc4ccccc4C(=O)N3Cc3ccco3)ccc21. The fourth-order valence-corrected chi connectivity index (χ4v) is 4.87. The van der Waals surface area contributed by atoms with Gasteiger partial charge in [-0.05, 0) is 55.0 Å². The lowest BCUT2D eigenvalue weighted by molar-refractivity contribution is 0.0651. The number of benzene rings is 3. The van der Waals surface area contributed by atoms with Crippen LogP contribution in [-0.2, 0) is 13.1 Å². The molecule has 0 fully saturated rings. The Morgan fingerprint density at radius 1 is 0.906 bits per heavy atom. The summed E-state index contributed by atoms with van der Waals surface area (Å²) in [5.74, 6) is 0.755. The lowest BCUT2D eigenvalue weighted by Gasteiger charge is -2.37. The highest BCUT2D eigenvalue weighted by Crippen LogP contribution is 2.37. The van der Waals surface area contributed by atoms with E-state index in [2.05, 4.69) is 59.3 Å². The van der Waals surface area contributed by atoms with Gasteiger partial charge in [0.1, 0.15) is 11.9 Å². The maximum absolute atomic E-state index is 13.5. The van der Waals surface area contributed by atoms with Crippen molar-refractivity contribution in [3.05, 3.63) is 102 Å². The third kappa shape index (κ3) is 2.82. The number of carbonyl (C=O) groups excluding carboxylic acids is 1. The van der Waals surface area contributed by atoms with Crippen molar-refractivity contribution in [1.82, 2.24) is 9.47 Å². The Labute approximate surface area is 185 Å². The zero-order chi connectivity index (χ0) is 21.7. The van der Waals surface area contributed by atoms with E-state index in [-0.39, 0.29) is 12.1 Å². The summed E-state index contributed by atoms with van der Waals surface area (Å²) in [5, 5.41) is 6.02. The molecule has 6 rings (SSSR count). The molecule has 5 heteroatoms. The topological polar surface area (TPSA) is 50.4 Å². The van der Waals surface area contributed by atoms with Gasteiger partial charge in [-0.1, -0.05) is 36.4 Å². The molecule has 3 heterocycles. The Balaban J connectivity index is 1.51. The Morgan fingerprint density at radius 2 is 1.72 bits per heavy atom. The molecule has 158 valence electrons. The largest absolute Gasteiger partial charge is 0.467 e. The molecule has 3 aromatic carbocycles. The summed E-state index contributed by atoms with van der Waals surface area (Å²) >= 11 is 0. The fraction of sp³-hybridized carbons (Fsp3) is 0.148. The van der Waals surface area contributed by atoms with Crippen LogP contribution in [0.2, 0.25) is 0 Å². The Bertz CT molecular complexity index is 1450. The van der Waals surface area contributed by atoms with Crippen molar-refractivity contribution < 1.29 is 9.21 Å². The van der Waals surface area contributed by atoms with Crippen LogP contribution in [0.4, 0.5) is 5.69 Å². The molecule has 1 N–H and O–H groups in total. The van der Waals surface area contributed by atoms with Gasteiger partial charge in [-0.3, -0.25) is 4.79 Å². The standard InChI is InChI=1S/C27H23N3O2/c1-2-29-24-12-6-4-9-20(24)22-16-18(13-14-25(22)29)26-28-23-11-5-3-10-21(23)27(31)30(26)17-19-8-7-15-32-19/h3-16,26,28H,2,17H2,1H3. The Morgan fingerprint density at radius 3 is 2.56 bits per heavy atom. The van der Waals surface area contributed by atoms with E-state index in [4.69, 9.17) is 4.42 Å². The van der Waals surface area contributed by atoms with Crippen LogP contribution in [0.5, 0.6) is 0 Å². The first kappa shape index (κ1) is 18.8. The van der Waals surface area contributed by atoms with Crippen molar-refractivity contribution in [2.45, 2.75) is 26.2 Å². The van der Waals surface area contributed by atoms with Gasteiger partial charge in [-0.25, -0.2) is 0 Å². The third-order valence-electron chi connectivity index (χ3n) is 6.36. The molecule has 0 spiro atoms. The number of aromatic nitrogens is 1. The molecule has 1 aliphatic rings. The predicted octanol–water partition coefficient (Wildman–Crippen LogP) is 6.17. The van der Waals surface area contributed by atoms with E-state index in [1.54, 1.807) is 6.26 Å². The minimum atomic E-state index is -0.296. The van der Waals surface area contributed by atoms with Crippen LogP contribution in [0, 0.1) is 0 Å². The summed E-state index contributed by atoms with van der Waals surface area (Å²) in [7, 11) is 0. The van der Waals surface area contributed by atoms with Gasteiger partial charge >= 0.3 is 0 Å². The lowest BCUT2D eigenvalue weighted by Crippen LogP contribution is -2.42. The van der Waals surface area contributed by atoms with Crippen molar-refractivity contribution in [2.24, 2.45) is 0 Å². The Hall–Kier alpha value is -3.99. The number of fused-ring (bicyclic) bond motifs is 4. The number of nitrogens with zero attached hydrogens (tertiary/aromatic N) is 2. The smallest absolute Gasteiger partial charge is 0.258 e. The van der Waals surface area contributed by atoms with Crippen LogP contribution in [0.15, 0.2) is 89.5 Å². The van der Waals surface area contributed by atoms with Crippen LogP contribution < -0.4 is 5.32 Å². The summed E-state index contributed by atoms with van der Waals surface area (Å²) in [5.41, 5.74) is 5.02. The van der Waals surface area contributed by atoms with Crippen LogP contribution in [0.25, 0.3) is 21.8 Å². The first-order valence-corrected chi connectivity index (χ1v) is 10.9. The number of amides is 1. The van der Waals surface area contributed by atoms with Crippen LogP contribution in [-0.4, -0.2) is 15.4 Å². The minimum absolute atomic E-state index is 0.00293. The number of para-hydroxylation sites is 2. The second-order valence-corrected chi connectivity index (χ2v) is 8.14. The van der Waals surface area contributed by atoms with Crippen molar-refractivity contribution in [3.63, 3.8) is 0 Å².